The van der Waals surface area contributed by atoms with Gasteiger partial charge in [0.25, 0.3) is 0 Å². The Balaban J connectivity index is 0. The van der Waals surface area contributed by atoms with Crippen molar-refractivity contribution in [1.82, 2.24) is 0 Å². The summed E-state index contributed by atoms with van der Waals surface area (Å²) in [6, 6.07) is 0. The molecule has 3 heteroatoms. The van der Waals surface area contributed by atoms with E-state index in [9.17, 15) is 4.79 Å². The third-order valence-corrected chi connectivity index (χ3v) is 0.532. The standard InChI is InChI=1S/C4H6O2.C3H7N/c1-3(2)4(5)6;1-2-3-4/h1H2,2H3,(H,5,6);2H,1,3-4H2. The number of carboxylic acid groups (broad SMARTS) is 1. The van der Waals surface area contributed by atoms with Gasteiger partial charge in [-0.2, -0.15) is 0 Å². The van der Waals surface area contributed by atoms with E-state index >= 15 is 0 Å². The summed E-state index contributed by atoms with van der Waals surface area (Å²) in [5, 5.41) is 7.89. The first-order valence-electron chi connectivity index (χ1n) is 2.76. The van der Waals surface area contributed by atoms with Gasteiger partial charge < -0.3 is 10.8 Å². The van der Waals surface area contributed by atoms with E-state index in [-0.39, 0.29) is 5.57 Å². The van der Waals surface area contributed by atoms with Crippen LogP contribution >= 0.6 is 0 Å². The molecule has 3 nitrogen and oxygen atoms in total. The predicted molar refractivity (Wildman–Crippen MR) is 41.7 cm³/mol. The molecular weight excluding hydrogens is 130 g/mol. The highest BCUT2D eigenvalue weighted by molar-refractivity contribution is 5.84. The Kier molecular flexibility index (Phi) is 9.24. The summed E-state index contributed by atoms with van der Waals surface area (Å²) >= 11 is 0. The van der Waals surface area contributed by atoms with E-state index in [0.717, 1.165) is 0 Å². The van der Waals surface area contributed by atoms with Gasteiger partial charge in [-0.1, -0.05) is 12.7 Å². The van der Waals surface area contributed by atoms with Crippen molar-refractivity contribution in [2.45, 2.75) is 6.92 Å². The molecule has 0 aliphatic heterocycles. The lowest BCUT2D eigenvalue weighted by atomic mass is 10.4. The van der Waals surface area contributed by atoms with Gasteiger partial charge in [0.1, 0.15) is 0 Å². The topological polar surface area (TPSA) is 63.3 Å². The minimum atomic E-state index is -0.935. The molecule has 0 bridgehead atoms. The van der Waals surface area contributed by atoms with Crippen LogP contribution < -0.4 is 5.73 Å². The molecule has 58 valence electrons. The van der Waals surface area contributed by atoms with Crippen LogP contribution in [0.25, 0.3) is 0 Å². The van der Waals surface area contributed by atoms with Crippen LogP contribution in [-0.4, -0.2) is 17.6 Å². The van der Waals surface area contributed by atoms with Gasteiger partial charge in [-0.05, 0) is 6.92 Å². The Labute approximate surface area is 60.9 Å². The summed E-state index contributed by atoms with van der Waals surface area (Å²) in [4.78, 5) is 9.60. The van der Waals surface area contributed by atoms with Gasteiger partial charge >= 0.3 is 5.97 Å². The monoisotopic (exact) mass is 143 g/mol. The average Bonchev–Trinajstić information content (AvgIpc) is 1.89. The molecule has 0 rings (SSSR count). The number of nitrogens with two attached hydrogens (primary N) is 1. The zero-order chi connectivity index (χ0) is 8.57. The van der Waals surface area contributed by atoms with Crippen molar-refractivity contribution < 1.29 is 9.90 Å². The van der Waals surface area contributed by atoms with Crippen molar-refractivity contribution in [1.29, 1.82) is 0 Å². The molecule has 0 saturated heterocycles. The van der Waals surface area contributed by atoms with E-state index in [1.54, 1.807) is 6.08 Å². The molecule has 0 aromatic carbocycles. The molecule has 0 aromatic heterocycles. The van der Waals surface area contributed by atoms with Crippen LogP contribution in [0.5, 0.6) is 0 Å². The lowest BCUT2D eigenvalue weighted by molar-refractivity contribution is -0.132. The highest BCUT2D eigenvalue weighted by atomic mass is 16.4. The largest absolute Gasteiger partial charge is 0.478 e. The minimum Gasteiger partial charge on any atom is -0.478 e. The van der Waals surface area contributed by atoms with Crippen molar-refractivity contribution in [3.63, 3.8) is 0 Å². The van der Waals surface area contributed by atoms with Crippen molar-refractivity contribution in [3.05, 3.63) is 24.8 Å². The fraction of sp³-hybridized carbons (Fsp3) is 0.286. The van der Waals surface area contributed by atoms with Crippen LogP contribution in [-0.2, 0) is 4.79 Å². The third kappa shape index (κ3) is 15.8. The number of hydrogen-bond acceptors (Lipinski definition) is 2. The third-order valence-electron chi connectivity index (χ3n) is 0.532. The molecule has 0 aromatic rings. The molecule has 0 heterocycles. The van der Waals surface area contributed by atoms with E-state index in [1.807, 2.05) is 0 Å². The van der Waals surface area contributed by atoms with Gasteiger partial charge in [0.05, 0.1) is 0 Å². The summed E-state index contributed by atoms with van der Waals surface area (Å²) in [7, 11) is 0. The Morgan fingerprint density at radius 1 is 1.80 bits per heavy atom. The SMILES string of the molecule is C=C(C)C(=O)O.C=CCN. The van der Waals surface area contributed by atoms with Gasteiger partial charge in [-0.3, -0.25) is 0 Å². The molecule has 0 amide bonds. The molecule has 3 N–H and O–H groups in total. The van der Waals surface area contributed by atoms with Gasteiger partial charge in [0, 0.05) is 12.1 Å². The highest BCUT2D eigenvalue weighted by Gasteiger charge is 1.90. The predicted octanol–water partition coefficient (Wildman–Crippen LogP) is 0.778. The highest BCUT2D eigenvalue weighted by Crippen LogP contribution is 1.81. The van der Waals surface area contributed by atoms with Gasteiger partial charge in [0.15, 0.2) is 0 Å². The van der Waals surface area contributed by atoms with E-state index in [1.165, 1.54) is 6.92 Å². The summed E-state index contributed by atoms with van der Waals surface area (Å²) < 4.78 is 0. The number of aliphatic carboxylic acids is 1. The molecule has 0 saturated carbocycles. The van der Waals surface area contributed by atoms with Crippen molar-refractivity contribution in [2.24, 2.45) is 5.73 Å². The first-order valence-corrected chi connectivity index (χ1v) is 2.76. The molecule has 0 aliphatic rings. The van der Waals surface area contributed by atoms with Crippen molar-refractivity contribution in [3.8, 4) is 0 Å². The zero-order valence-corrected chi connectivity index (χ0v) is 6.13. The average molecular weight is 143 g/mol. The second-order valence-corrected chi connectivity index (χ2v) is 1.61. The van der Waals surface area contributed by atoms with E-state index < -0.39 is 5.97 Å². The summed E-state index contributed by atoms with van der Waals surface area (Å²) in [5.74, 6) is -0.935. The molecule has 0 atom stereocenters. The molecule has 0 spiro atoms. The summed E-state index contributed by atoms with van der Waals surface area (Å²) in [6.07, 6.45) is 1.65. The van der Waals surface area contributed by atoms with Crippen molar-refractivity contribution >= 4 is 5.97 Å². The quantitative estimate of drug-likeness (QED) is 0.443. The van der Waals surface area contributed by atoms with Crippen LogP contribution in [0.1, 0.15) is 6.92 Å². The normalized spacial score (nSPS) is 7.00. The van der Waals surface area contributed by atoms with E-state index in [4.69, 9.17) is 10.8 Å². The molecule has 0 unspecified atom stereocenters. The first kappa shape index (κ1) is 11.7. The van der Waals surface area contributed by atoms with Crippen molar-refractivity contribution in [2.75, 3.05) is 6.54 Å². The Morgan fingerprint density at radius 3 is 2.00 bits per heavy atom. The number of hydrogen-bond donors (Lipinski definition) is 2. The van der Waals surface area contributed by atoms with E-state index in [2.05, 4.69) is 13.2 Å². The molecule has 10 heavy (non-hydrogen) atoms. The maximum absolute atomic E-state index is 9.60. The minimum absolute atomic E-state index is 0.176. The summed E-state index contributed by atoms with van der Waals surface area (Å²) in [6.45, 7) is 8.54. The lowest BCUT2D eigenvalue weighted by Crippen LogP contribution is -1.92. The van der Waals surface area contributed by atoms with Gasteiger partial charge in [0.2, 0.25) is 0 Å². The summed E-state index contributed by atoms with van der Waals surface area (Å²) in [5.41, 5.74) is 5.09. The Hall–Kier alpha value is -1.09. The fourth-order valence-corrected chi connectivity index (χ4v) is 0. The lowest BCUT2D eigenvalue weighted by Gasteiger charge is -1.79. The number of carbonyl (C=O) groups is 1. The number of carboxylic acids is 1. The van der Waals surface area contributed by atoms with Gasteiger partial charge in [-0.25, -0.2) is 4.79 Å². The molecule has 0 radical (unpaired) electrons. The zero-order valence-electron chi connectivity index (χ0n) is 6.13. The second-order valence-electron chi connectivity index (χ2n) is 1.61. The number of rotatable bonds is 2. The van der Waals surface area contributed by atoms with Crippen LogP contribution in [0.2, 0.25) is 0 Å². The molecule has 0 fully saturated rings. The Morgan fingerprint density at radius 2 is 2.00 bits per heavy atom. The smallest absolute Gasteiger partial charge is 0.330 e. The van der Waals surface area contributed by atoms with Crippen LogP contribution in [0.3, 0.4) is 0 Å². The maximum atomic E-state index is 9.60. The second kappa shape index (κ2) is 7.91. The fourth-order valence-electron chi connectivity index (χ4n) is 0. The molecular formula is C7H13NO2. The first-order chi connectivity index (χ1) is 4.56. The maximum Gasteiger partial charge on any atom is 0.330 e. The van der Waals surface area contributed by atoms with Crippen LogP contribution in [0.4, 0.5) is 0 Å². The Bertz CT molecular complexity index is 118. The van der Waals surface area contributed by atoms with Crippen LogP contribution in [0.15, 0.2) is 24.8 Å². The van der Waals surface area contributed by atoms with E-state index in [0.29, 0.717) is 6.54 Å². The van der Waals surface area contributed by atoms with Crippen LogP contribution in [0, 0.1) is 0 Å². The molecule has 0 aliphatic carbocycles. The van der Waals surface area contributed by atoms with Gasteiger partial charge in [-0.15, -0.1) is 6.58 Å².